The van der Waals surface area contributed by atoms with Gasteiger partial charge in [-0.3, -0.25) is 4.79 Å². The number of methoxy groups -OCH3 is 1. The van der Waals surface area contributed by atoms with Gasteiger partial charge in [0.15, 0.2) is 0 Å². The molecule has 0 aliphatic carbocycles. The lowest BCUT2D eigenvalue weighted by Gasteiger charge is -2.27. The summed E-state index contributed by atoms with van der Waals surface area (Å²) in [6, 6.07) is 4.48. The Labute approximate surface area is 111 Å². The average molecular weight is 268 g/mol. The summed E-state index contributed by atoms with van der Waals surface area (Å²) in [5.74, 6) is -0.965. The van der Waals surface area contributed by atoms with Crippen LogP contribution in [0.15, 0.2) is 18.2 Å². The topological polar surface area (TPSA) is 55.8 Å². The second-order valence-corrected chi connectivity index (χ2v) is 4.86. The second kappa shape index (κ2) is 5.17. The van der Waals surface area contributed by atoms with Crippen LogP contribution in [0.25, 0.3) is 0 Å². The lowest BCUT2D eigenvalue weighted by atomic mass is 9.76. The SMILES string of the molecule is COc1ccc(CC2(C(=O)O)CCOC2C)c(F)c1. The van der Waals surface area contributed by atoms with E-state index in [9.17, 15) is 14.3 Å². The van der Waals surface area contributed by atoms with Gasteiger partial charge in [0, 0.05) is 12.7 Å². The van der Waals surface area contributed by atoms with Gasteiger partial charge in [0.1, 0.15) is 11.6 Å². The maximum Gasteiger partial charge on any atom is 0.312 e. The van der Waals surface area contributed by atoms with Crippen molar-refractivity contribution in [3.05, 3.63) is 29.6 Å². The minimum Gasteiger partial charge on any atom is -0.497 e. The molecule has 0 bridgehead atoms. The van der Waals surface area contributed by atoms with Crippen LogP contribution in [0.4, 0.5) is 4.39 Å². The third kappa shape index (κ3) is 2.42. The normalized spacial score (nSPS) is 26.4. The van der Waals surface area contributed by atoms with E-state index in [1.807, 2.05) is 0 Å². The van der Waals surface area contributed by atoms with Crippen molar-refractivity contribution in [2.24, 2.45) is 5.41 Å². The van der Waals surface area contributed by atoms with Crippen LogP contribution >= 0.6 is 0 Å². The molecule has 1 N–H and O–H groups in total. The first kappa shape index (κ1) is 13.8. The average Bonchev–Trinajstić information content (AvgIpc) is 2.74. The number of carbonyl (C=O) groups is 1. The number of ether oxygens (including phenoxy) is 2. The molecule has 4 nitrogen and oxygen atoms in total. The number of halogens is 1. The molecule has 0 saturated carbocycles. The summed E-state index contributed by atoms with van der Waals surface area (Å²) in [6.07, 6.45) is 0.0976. The molecular weight excluding hydrogens is 251 g/mol. The second-order valence-electron chi connectivity index (χ2n) is 4.86. The van der Waals surface area contributed by atoms with Crippen LogP contribution in [0.5, 0.6) is 5.75 Å². The molecule has 0 radical (unpaired) electrons. The van der Waals surface area contributed by atoms with Crippen molar-refractivity contribution in [3.63, 3.8) is 0 Å². The predicted octanol–water partition coefficient (Wildman–Crippen LogP) is 2.26. The van der Waals surface area contributed by atoms with Gasteiger partial charge in [0.05, 0.1) is 18.6 Å². The van der Waals surface area contributed by atoms with Gasteiger partial charge in [-0.25, -0.2) is 4.39 Å². The minimum absolute atomic E-state index is 0.124. The van der Waals surface area contributed by atoms with Crippen molar-refractivity contribution in [2.75, 3.05) is 13.7 Å². The summed E-state index contributed by atoms with van der Waals surface area (Å²) in [6.45, 7) is 2.12. The molecule has 0 amide bonds. The van der Waals surface area contributed by atoms with E-state index in [4.69, 9.17) is 9.47 Å². The zero-order valence-corrected chi connectivity index (χ0v) is 11.0. The maximum atomic E-state index is 13.9. The fraction of sp³-hybridized carbons (Fsp3) is 0.500. The van der Waals surface area contributed by atoms with Crippen LogP contribution in [-0.2, 0) is 16.0 Å². The van der Waals surface area contributed by atoms with Crippen LogP contribution in [0.3, 0.4) is 0 Å². The van der Waals surface area contributed by atoms with E-state index in [0.717, 1.165) is 0 Å². The molecule has 1 heterocycles. The van der Waals surface area contributed by atoms with Gasteiger partial charge in [0.2, 0.25) is 0 Å². The first-order valence-corrected chi connectivity index (χ1v) is 6.17. The molecule has 1 aliphatic heterocycles. The molecule has 0 spiro atoms. The van der Waals surface area contributed by atoms with Crippen molar-refractivity contribution in [3.8, 4) is 5.75 Å². The molecular formula is C14H17FO4. The summed E-state index contributed by atoms with van der Waals surface area (Å²) in [5, 5.41) is 9.46. The highest BCUT2D eigenvalue weighted by Gasteiger charge is 2.48. The van der Waals surface area contributed by atoms with E-state index in [-0.39, 0.29) is 6.42 Å². The smallest absolute Gasteiger partial charge is 0.312 e. The van der Waals surface area contributed by atoms with Gasteiger partial charge in [-0.2, -0.15) is 0 Å². The minimum atomic E-state index is -1.05. The van der Waals surface area contributed by atoms with Crippen LogP contribution < -0.4 is 4.74 Å². The van der Waals surface area contributed by atoms with E-state index in [0.29, 0.717) is 24.3 Å². The highest BCUT2D eigenvalue weighted by atomic mass is 19.1. The van der Waals surface area contributed by atoms with E-state index in [1.54, 1.807) is 19.1 Å². The molecule has 2 unspecified atom stereocenters. The summed E-state index contributed by atoms with van der Waals surface area (Å²) >= 11 is 0. The van der Waals surface area contributed by atoms with E-state index in [1.165, 1.54) is 13.2 Å². The molecule has 5 heteroatoms. The zero-order chi connectivity index (χ0) is 14.0. The fourth-order valence-electron chi connectivity index (χ4n) is 2.51. The van der Waals surface area contributed by atoms with Crippen molar-refractivity contribution in [2.45, 2.75) is 25.9 Å². The predicted molar refractivity (Wildman–Crippen MR) is 66.8 cm³/mol. The Bertz CT molecular complexity index is 488. The van der Waals surface area contributed by atoms with Gasteiger partial charge in [-0.1, -0.05) is 6.07 Å². The molecule has 1 aromatic rings. The highest BCUT2D eigenvalue weighted by molar-refractivity contribution is 5.76. The largest absolute Gasteiger partial charge is 0.497 e. The van der Waals surface area contributed by atoms with Gasteiger partial charge < -0.3 is 14.6 Å². The zero-order valence-electron chi connectivity index (χ0n) is 11.0. The quantitative estimate of drug-likeness (QED) is 0.910. The summed E-state index contributed by atoms with van der Waals surface area (Å²) in [5.41, 5.74) is -0.671. The number of hydrogen-bond acceptors (Lipinski definition) is 3. The summed E-state index contributed by atoms with van der Waals surface area (Å²) in [4.78, 5) is 11.5. The Hall–Kier alpha value is -1.62. The van der Waals surface area contributed by atoms with Gasteiger partial charge >= 0.3 is 5.97 Å². The molecule has 0 aromatic heterocycles. The third-order valence-electron chi connectivity index (χ3n) is 3.89. The lowest BCUT2D eigenvalue weighted by molar-refractivity contribution is -0.151. The maximum absolute atomic E-state index is 13.9. The molecule has 1 saturated heterocycles. The highest BCUT2D eigenvalue weighted by Crippen LogP contribution is 2.39. The Balaban J connectivity index is 2.30. The van der Waals surface area contributed by atoms with Gasteiger partial charge in [0.25, 0.3) is 0 Å². The Morgan fingerprint density at radius 3 is 2.84 bits per heavy atom. The van der Waals surface area contributed by atoms with Crippen LogP contribution in [0, 0.1) is 11.2 Å². The molecule has 1 fully saturated rings. The van der Waals surface area contributed by atoms with E-state index < -0.39 is 23.3 Å². The molecule has 2 rings (SSSR count). The van der Waals surface area contributed by atoms with Crippen molar-refractivity contribution in [1.82, 2.24) is 0 Å². The number of aliphatic carboxylic acids is 1. The molecule has 19 heavy (non-hydrogen) atoms. The number of hydrogen-bond donors (Lipinski definition) is 1. The summed E-state index contributed by atoms with van der Waals surface area (Å²) < 4.78 is 24.2. The van der Waals surface area contributed by atoms with Crippen molar-refractivity contribution in [1.29, 1.82) is 0 Å². The molecule has 1 aromatic carbocycles. The van der Waals surface area contributed by atoms with Crippen molar-refractivity contribution < 1.29 is 23.8 Å². The van der Waals surface area contributed by atoms with E-state index in [2.05, 4.69) is 0 Å². The third-order valence-corrected chi connectivity index (χ3v) is 3.89. The van der Waals surface area contributed by atoms with Crippen molar-refractivity contribution >= 4 is 5.97 Å². The summed E-state index contributed by atoms with van der Waals surface area (Å²) in [7, 11) is 1.46. The molecule has 1 aliphatic rings. The van der Waals surface area contributed by atoms with Gasteiger partial charge in [-0.05, 0) is 31.4 Å². The monoisotopic (exact) mass is 268 g/mol. The number of carboxylic acids is 1. The van der Waals surface area contributed by atoms with Crippen LogP contribution in [0.1, 0.15) is 18.9 Å². The Morgan fingerprint density at radius 2 is 2.37 bits per heavy atom. The van der Waals surface area contributed by atoms with Crippen LogP contribution in [0.2, 0.25) is 0 Å². The fourth-order valence-corrected chi connectivity index (χ4v) is 2.51. The number of carboxylic acid groups (broad SMARTS) is 1. The standard InChI is InChI=1S/C14H17FO4/c1-9-14(13(16)17,5-6-19-9)8-10-3-4-11(18-2)7-12(10)15/h3-4,7,9H,5-6,8H2,1-2H3,(H,16,17). The lowest BCUT2D eigenvalue weighted by Crippen LogP contribution is -2.39. The van der Waals surface area contributed by atoms with E-state index >= 15 is 0 Å². The van der Waals surface area contributed by atoms with Gasteiger partial charge in [-0.15, -0.1) is 0 Å². The molecule has 2 atom stereocenters. The van der Waals surface area contributed by atoms with Crippen LogP contribution in [-0.4, -0.2) is 30.9 Å². The number of rotatable bonds is 4. The molecule has 104 valence electrons. The first-order chi connectivity index (χ1) is 8.99. The Kier molecular flexibility index (Phi) is 3.75. The number of benzene rings is 1. The first-order valence-electron chi connectivity index (χ1n) is 6.17. The Morgan fingerprint density at radius 1 is 1.63 bits per heavy atom.